The van der Waals surface area contributed by atoms with Gasteiger partial charge in [0, 0.05) is 101 Å². The molecule has 3 aromatic carbocycles. The Balaban J connectivity index is 0.738. The molecule has 306 valence electrons. The first-order valence-corrected chi connectivity index (χ1v) is 21.5. The summed E-state index contributed by atoms with van der Waals surface area (Å²) in [6.07, 6.45) is 9.02. The number of benzene rings is 3. The van der Waals surface area contributed by atoms with Crippen molar-refractivity contribution in [3.63, 3.8) is 0 Å². The average molecular weight is 790 g/mol. The molecule has 3 amide bonds. The van der Waals surface area contributed by atoms with Gasteiger partial charge in [-0.1, -0.05) is 25.5 Å². The molecule has 11 nitrogen and oxygen atoms in total. The molecule has 1 unspecified atom stereocenters. The second-order valence-corrected chi connectivity index (χ2v) is 17.0. The Hall–Kier alpha value is -5.10. The number of aryl methyl sites for hydroxylation is 1. The van der Waals surface area contributed by atoms with Gasteiger partial charge in [-0.2, -0.15) is 0 Å². The van der Waals surface area contributed by atoms with Crippen LogP contribution in [0.15, 0.2) is 54.7 Å². The summed E-state index contributed by atoms with van der Waals surface area (Å²) < 4.78 is 20.5. The molecule has 1 aromatic heterocycles. The fourth-order valence-electron chi connectivity index (χ4n) is 10.3. The minimum absolute atomic E-state index is 0.128. The first-order valence-electron chi connectivity index (χ1n) is 21.5. The molecular weight excluding hydrogens is 734 g/mol. The van der Waals surface area contributed by atoms with E-state index >= 15 is 0 Å². The van der Waals surface area contributed by atoms with E-state index in [9.17, 15) is 18.8 Å². The van der Waals surface area contributed by atoms with E-state index in [1.165, 1.54) is 24.1 Å². The maximum absolute atomic E-state index is 14.8. The molecule has 0 bridgehead atoms. The van der Waals surface area contributed by atoms with Crippen LogP contribution in [0.5, 0.6) is 5.75 Å². The predicted octanol–water partition coefficient (Wildman–Crippen LogP) is 6.45. The van der Waals surface area contributed by atoms with Gasteiger partial charge in [0.25, 0.3) is 5.91 Å². The molecule has 0 spiro atoms. The van der Waals surface area contributed by atoms with Crippen molar-refractivity contribution in [2.75, 3.05) is 80.7 Å². The highest BCUT2D eigenvalue weighted by Gasteiger charge is 2.41. The van der Waals surface area contributed by atoms with E-state index in [4.69, 9.17) is 4.74 Å². The standard InChI is InChI=1S/C46H56FN7O4/c1-3-4-33-27-48-44-38(10-9-37(47)42(33)44)53-19-15-32(16-20-53)31-5-7-35(8-6-31)51-17-13-30(14-18-51)28-50-21-23-52(24-22-50)36-25-34-29-54(39-11-12-41(55)49-45(39)56)46(57)43(34)40(26-36)58-2/h5-10,25-27,30,32,39,48H,3-4,11-24,28-29H2,1-2H3,(H,49,55,56). The van der Waals surface area contributed by atoms with Crippen LogP contribution >= 0.6 is 0 Å². The first kappa shape index (κ1) is 38.4. The highest BCUT2D eigenvalue weighted by Crippen LogP contribution is 2.39. The van der Waals surface area contributed by atoms with E-state index in [1.807, 2.05) is 18.3 Å². The third kappa shape index (κ3) is 7.40. The minimum atomic E-state index is -0.645. The molecule has 0 radical (unpaired) electrons. The largest absolute Gasteiger partial charge is 0.496 e. The first-order chi connectivity index (χ1) is 28.3. The van der Waals surface area contributed by atoms with Crippen molar-refractivity contribution in [2.24, 2.45) is 5.92 Å². The summed E-state index contributed by atoms with van der Waals surface area (Å²) in [5.41, 5.74) is 8.32. The summed E-state index contributed by atoms with van der Waals surface area (Å²) in [5, 5.41) is 3.15. The fraction of sp³-hybridized carbons (Fsp3) is 0.500. The number of hydrogen-bond acceptors (Lipinski definition) is 8. The smallest absolute Gasteiger partial charge is 0.258 e. The van der Waals surface area contributed by atoms with E-state index in [0.29, 0.717) is 36.1 Å². The molecule has 5 aliphatic heterocycles. The number of piperazine rings is 1. The van der Waals surface area contributed by atoms with E-state index in [-0.39, 0.29) is 24.1 Å². The predicted molar refractivity (Wildman–Crippen MR) is 226 cm³/mol. The molecule has 9 rings (SSSR count). The molecule has 4 aromatic rings. The summed E-state index contributed by atoms with van der Waals surface area (Å²) >= 11 is 0. The number of amides is 3. The van der Waals surface area contributed by atoms with Crippen LogP contribution in [0.25, 0.3) is 10.9 Å². The van der Waals surface area contributed by atoms with Crippen molar-refractivity contribution < 1.29 is 23.5 Å². The number of fused-ring (bicyclic) bond motifs is 2. The normalized spacial score (nSPS) is 21.3. The summed E-state index contributed by atoms with van der Waals surface area (Å²) in [6, 6.07) is 16.3. The van der Waals surface area contributed by atoms with Gasteiger partial charge in [-0.05, 0) is 97.4 Å². The summed E-state index contributed by atoms with van der Waals surface area (Å²) in [6.45, 7) is 11.5. The van der Waals surface area contributed by atoms with Crippen LogP contribution < -0.4 is 24.8 Å². The molecule has 58 heavy (non-hydrogen) atoms. The zero-order valence-corrected chi connectivity index (χ0v) is 33.9. The number of piperidine rings is 3. The number of aromatic amines is 1. The van der Waals surface area contributed by atoms with Crippen LogP contribution in [0.1, 0.15) is 84.8 Å². The lowest BCUT2D eigenvalue weighted by Gasteiger charge is -2.40. The topological polar surface area (TPSA) is 104 Å². The molecule has 1 atom stereocenters. The third-order valence-electron chi connectivity index (χ3n) is 13.6. The molecule has 4 saturated heterocycles. The second kappa shape index (κ2) is 16.3. The maximum atomic E-state index is 14.8. The van der Waals surface area contributed by atoms with Crippen LogP contribution in [-0.4, -0.2) is 105 Å². The van der Waals surface area contributed by atoms with Gasteiger partial charge in [-0.15, -0.1) is 0 Å². The number of rotatable bonds is 10. The number of hydrogen-bond donors (Lipinski definition) is 2. The van der Waals surface area contributed by atoms with Crippen LogP contribution in [0.4, 0.5) is 21.5 Å². The van der Waals surface area contributed by atoms with Crippen LogP contribution in [0.2, 0.25) is 0 Å². The van der Waals surface area contributed by atoms with Crippen molar-refractivity contribution in [3.05, 3.63) is 82.8 Å². The van der Waals surface area contributed by atoms with Gasteiger partial charge in [-0.25, -0.2) is 4.39 Å². The number of H-pyrrole nitrogens is 1. The lowest BCUT2D eigenvalue weighted by Crippen LogP contribution is -2.52. The van der Waals surface area contributed by atoms with Gasteiger partial charge in [0.15, 0.2) is 0 Å². The van der Waals surface area contributed by atoms with Gasteiger partial charge >= 0.3 is 0 Å². The van der Waals surface area contributed by atoms with Gasteiger partial charge in [0.2, 0.25) is 11.8 Å². The van der Waals surface area contributed by atoms with E-state index in [2.05, 4.69) is 67.2 Å². The SMILES string of the molecule is CCCc1c[nH]c2c(N3CCC(c4ccc(N5CCC(CN6CCN(c7cc8c(c(OC)c7)C(=O)N(C7CCC(=O)NC7=O)C8)CC6)CC5)cc4)CC3)ccc(F)c12. The van der Waals surface area contributed by atoms with E-state index in [1.54, 1.807) is 18.1 Å². The van der Waals surface area contributed by atoms with E-state index in [0.717, 1.165) is 118 Å². The van der Waals surface area contributed by atoms with Gasteiger partial charge in [-0.3, -0.25) is 24.6 Å². The van der Waals surface area contributed by atoms with Crippen molar-refractivity contribution in [3.8, 4) is 5.75 Å². The Labute approximate surface area is 340 Å². The quantitative estimate of drug-likeness (QED) is 0.177. The number of nitrogens with one attached hydrogen (secondary N) is 2. The molecule has 6 heterocycles. The molecule has 5 aliphatic rings. The number of anilines is 3. The number of aromatic nitrogens is 1. The zero-order chi connectivity index (χ0) is 39.9. The molecule has 4 fully saturated rings. The number of halogens is 1. The second-order valence-electron chi connectivity index (χ2n) is 17.0. The summed E-state index contributed by atoms with van der Waals surface area (Å²) in [5.74, 6) is 0.733. The molecular formula is C46H56FN7O4. The highest BCUT2D eigenvalue weighted by atomic mass is 19.1. The Kier molecular flexibility index (Phi) is 10.8. The number of carbonyl (C=O) groups is 3. The zero-order valence-electron chi connectivity index (χ0n) is 33.9. The highest BCUT2D eigenvalue weighted by molar-refractivity contribution is 6.07. The van der Waals surface area contributed by atoms with Gasteiger partial charge < -0.3 is 29.3 Å². The Morgan fingerprint density at radius 1 is 0.810 bits per heavy atom. The molecule has 12 heteroatoms. The van der Waals surface area contributed by atoms with Crippen molar-refractivity contribution >= 4 is 45.7 Å². The maximum Gasteiger partial charge on any atom is 0.258 e. The molecule has 2 N–H and O–H groups in total. The Morgan fingerprint density at radius 2 is 1.53 bits per heavy atom. The van der Waals surface area contributed by atoms with Crippen molar-refractivity contribution in [1.29, 1.82) is 0 Å². The Morgan fingerprint density at radius 3 is 2.24 bits per heavy atom. The number of carbonyl (C=O) groups excluding carboxylic acids is 3. The number of methoxy groups -OCH3 is 1. The van der Waals surface area contributed by atoms with Gasteiger partial charge in [0.1, 0.15) is 17.6 Å². The van der Waals surface area contributed by atoms with Crippen LogP contribution in [0.3, 0.4) is 0 Å². The third-order valence-corrected chi connectivity index (χ3v) is 13.6. The monoisotopic (exact) mass is 789 g/mol. The lowest BCUT2D eigenvalue weighted by molar-refractivity contribution is -0.136. The van der Waals surface area contributed by atoms with Crippen molar-refractivity contribution in [2.45, 2.75) is 76.8 Å². The van der Waals surface area contributed by atoms with Crippen LogP contribution in [-0.2, 0) is 22.6 Å². The molecule has 0 aliphatic carbocycles. The van der Waals surface area contributed by atoms with Gasteiger partial charge in [0.05, 0.1) is 23.9 Å². The number of nitrogens with zero attached hydrogens (tertiary/aromatic N) is 5. The summed E-state index contributed by atoms with van der Waals surface area (Å²) in [7, 11) is 1.59. The van der Waals surface area contributed by atoms with Crippen molar-refractivity contribution in [1.82, 2.24) is 20.1 Å². The minimum Gasteiger partial charge on any atom is -0.496 e. The fourth-order valence-corrected chi connectivity index (χ4v) is 10.3. The number of imide groups is 1. The Bertz CT molecular complexity index is 2160. The van der Waals surface area contributed by atoms with Crippen LogP contribution in [0, 0.1) is 11.7 Å². The summed E-state index contributed by atoms with van der Waals surface area (Å²) in [4.78, 5) is 52.7. The molecule has 0 saturated carbocycles. The lowest BCUT2D eigenvalue weighted by atomic mass is 9.88. The number of ether oxygens (including phenoxy) is 1. The average Bonchev–Trinajstić information content (AvgIpc) is 3.83. The van der Waals surface area contributed by atoms with E-state index < -0.39 is 11.9 Å².